The molecule has 24 heavy (non-hydrogen) atoms. The first kappa shape index (κ1) is 17.2. The molecule has 0 aliphatic carbocycles. The number of rotatable bonds is 6. The van der Waals surface area contributed by atoms with E-state index in [1.54, 1.807) is 11.3 Å². The van der Waals surface area contributed by atoms with E-state index in [0.29, 0.717) is 12.5 Å². The van der Waals surface area contributed by atoms with E-state index in [1.807, 2.05) is 36.6 Å². The number of carbonyl (C=O) groups excluding carboxylic acids is 1. The molecule has 128 valence electrons. The van der Waals surface area contributed by atoms with Crippen LogP contribution in [0.25, 0.3) is 0 Å². The van der Waals surface area contributed by atoms with Crippen molar-refractivity contribution in [1.82, 2.24) is 4.90 Å². The molecule has 3 nitrogen and oxygen atoms in total. The van der Waals surface area contributed by atoms with E-state index < -0.39 is 0 Å². The van der Waals surface area contributed by atoms with Crippen molar-refractivity contribution in [3.63, 3.8) is 0 Å². The molecular weight excluding hydrogens is 318 g/mol. The van der Waals surface area contributed by atoms with Crippen molar-refractivity contribution < 1.29 is 9.53 Å². The zero-order valence-electron chi connectivity index (χ0n) is 14.2. The van der Waals surface area contributed by atoms with Gasteiger partial charge in [-0.1, -0.05) is 36.4 Å². The fourth-order valence-electron chi connectivity index (χ4n) is 3.21. The highest BCUT2D eigenvalue weighted by molar-refractivity contribution is 7.10. The van der Waals surface area contributed by atoms with Crippen molar-refractivity contribution in [3.05, 3.63) is 58.3 Å². The molecule has 0 spiro atoms. The van der Waals surface area contributed by atoms with Gasteiger partial charge in [0.1, 0.15) is 0 Å². The van der Waals surface area contributed by atoms with E-state index in [0.717, 1.165) is 37.5 Å². The predicted molar refractivity (Wildman–Crippen MR) is 98.1 cm³/mol. The maximum absolute atomic E-state index is 13.1. The van der Waals surface area contributed by atoms with Crippen LogP contribution >= 0.6 is 11.3 Å². The molecule has 0 saturated carbocycles. The highest BCUT2D eigenvalue weighted by atomic mass is 32.1. The lowest BCUT2D eigenvalue weighted by atomic mass is 9.98. The van der Waals surface area contributed by atoms with Crippen LogP contribution < -0.4 is 0 Å². The summed E-state index contributed by atoms with van der Waals surface area (Å²) in [6, 6.07) is 14.4. The van der Waals surface area contributed by atoms with E-state index in [1.165, 1.54) is 5.56 Å². The minimum absolute atomic E-state index is 0.0754. The predicted octanol–water partition coefficient (Wildman–Crippen LogP) is 4.31. The quantitative estimate of drug-likeness (QED) is 0.782. The Hall–Kier alpha value is -1.65. The Morgan fingerprint density at radius 3 is 2.62 bits per heavy atom. The minimum atomic E-state index is -0.0754. The second-order valence-corrected chi connectivity index (χ2v) is 7.48. The van der Waals surface area contributed by atoms with Crippen molar-refractivity contribution in [1.29, 1.82) is 0 Å². The Labute approximate surface area is 148 Å². The molecule has 1 atom stereocenters. The van der Waals surface area contributed by atoms with Crippen LogP contribution in [0.4, 0.5) is 0 Å². The largest absolute Gasteiger partial charge is 0.381 e. The number of ether oxygens (including phenoxy) is 1. The summed E-state index contributed by atoms with van der Waals surface area (Å²) in [7, 11) is 0. The molecule has 0 radical (unpaired) electrons. The minimum Gasteiger partial charge on any atom is -0.381 e. The van der Waals surface area contributed by atoms with Gasteiger partial charge in [0, 0.05) is 31.2 Å². The highest BCUT2D eigenvalue weighted by Gasteiger charge is 2.26. The molecule has 1 fully saturated rings. The Morgan fingerprint density at radius 1 is 1.21 bits per heavy atom. The summed E-state index contributed by atoms with van der Waals surface area (Å²) >= 11 is 1.66. The Morgan fingerprint density at radius 2 is 1.96 bits per heavy atom. The summed E-state index contributed by atoms with van der Waals surface area (Å²) in [6.45, 7) is 5.17. The topological polar surface area (TPSA) is 29.5 Å². The maximum atomic E-state index is 13.1. The van der Waals surface area contributed by atoms with Crippen LogP contribution in [0.1, 0.15) is 36.1 Å². The number of thiophene rings is 1. The van der Waals surface area contributed by atoms with Gasteiger partial charge in [0.25, 0.3) is 0 Å². The number of benzene rings is 1. The van der Waals surface area contributed by atoms with Crippen LogP contribution in [-0.2, 0) is 16.1 Å². The monoisotopic (exact) mass is 343 g/mol. The van der Waals surface area contributed by atoms with Gasteiger partial charge in [-0.2, -0.15) is 0 Å². The Kier molecular flexibility index (Phi) is 6.05. The normalized spacial score (nSPS) is 16.7. The average molecular weight is 343 g/mol. The van der Waals surface area contributed by atoms with E-state index in [2.05, 4.69) is 23.1 Å². The van der Waals surface area contributed by atoms with Gasteiger partial charge in [-0.15, -0.1) is 11.3 Å². The van der Waals surface area contributed by atoms with Crippen LogP contribution in [0, 0.1) is 5.92 Å². The SMILES string of the molecule is C[C@@H](C(=O)N(Cc1ccccc1)CC1CCOCC1)c1cccs1. The molecular formula is C20H25NO2S. The molecule has 2 heterocycles. The van der Waals surface area contributed by atoms with Crippen molar-refractivity contribution in [2.24, 2.45) is 5.92 Å². The first-order valence-corrected chi connectivity index (χ1v) is 9.56. The maximum Gasteiger partial charge on any atom is 0.230 e. The number of amides is 1. The molecule has 0 N–H and O–H groups in total. The molecule has 1 aliphatic heterocycles. The fraction of sp³-hybridized carbons (Fsp3) is 0.450. The lowest BCUT2D eigenvalue weighted by Crippen LogP contribution is -2.38. The zero-order chi connectivity index (χ0) is 16.8. The van der Waals surface area contributed by atoms with Gasteiger partial charge < -0.3 is 9.64 Å². The summed E-state index contributed by atoms with van der Waals surface area (Å²) in [5.41, 5.74) is 1.19. The van der Waals surface area contributed by atoms with Crippen LogP contribution in [0.5, 0.6) is 0 Å². The smallest absolute Gasteiger partial charge is 0.230 e. The third kappa shape index (κ3) is 4.46. The molecule has 1 aliphatic rings. The van der Waals surface area contributed by atoms with Gasteiger partial charge in [0.2, 0.25) is 5.91 Å². The lowest BCUT2D eigenvalue weighted by molar-refractivity contribution is -0.134. The van der Waals surface area contributed by atoms with Crippen molar-refractivity contribution in [3.8, 4) is 0 Å². The molecule has 2 aromatic rings. The van der Waals surface area contributed by atoms with Crippen LogP contribution in [0.2, 0.25) is 0 Å². The van der Waals surface area contributed by atoms with Gasteiger partial charge in [-0.05, 0) is 42.7 Å². The molecule has 1 amide bonds. The average Bonchev–Trinajstić information content (AvgIpc) is 3.16. The summed E-state index contributed by atoms with van der Waals surface area (Å²) < 4.78 is 5.46. The van der Waals surface area contributed by atoms with Crippen molar-refractivity contribution in [2.45, 2.75) is 32.2 Å². The number of carbonyl (C=O) groups is 1. The molecule has 0 bridgehead atoms. The van der Waals surface area contributed by atoms with Crippen LogP contribution in [-0.4, -0.2) is 30.6 Å². The molecule has 0 unspecified atom stereocenters. The molecule has 1 aromatic heterocycles. The zero-order valence-corrected chi connectivity index (χ0v) is 15.0. The third-order valence-electron chi connectivity index (χ3n) is 4.69. The van der Waals surface area contributed by atoms with Crippen LogP contribution in [0.15, 0.2) is 47.8 Å². The number of nitrogens with zero attached hydrogens (tertiary/aromatic N) is 1. The molecule has 3 rings (SSSR count). The molecule has 1 saturated heterocycles. The summed E-state index contributed by atoms with van der Waals surface area (Å²) in [5.74, 6) is 0.697. The van der Waals surface area contributed by atoms with Gasteiger partial charge in [0.15, 0.2) is 0 Å². The number of hydrogen-bond acceptors (Lipinski definition) is 3. The first-order valence-electron chi connectivity index (χ1n) is 8.68. The molecule has 1 aromatic carbocycles. The lowest BCUT2D eigenvalue weighted by Gasteiger charge is -2.31. The third-order valence-corrected chi connectivity index (χ3v) is 5.74. The van der Waals surface area contributed by atoms with E-state index in [9.17, 15) is 4.79 Å². The first-order chi connectivity index (χ1) is 11.7. The van der Waals surface area contributed by atoms with E-state index in [-0.39, 0.29) is 11.8 Å². The second kappa shape index (κ2) is 8.45. The fourth-order valence-corrected chi connectivity index (χ4v) is 3.99. The summed E-state index contributed by atoms with van der Waals surface area (Å²) in [6.07, 6.45) is 2.10. The van der Waals surface area contributed by atoms with Crippen molar-refractivity contribution in [2.75, 3.05) is 19.8 Å². The standard InChI is InChI=1S/C20H25NO2S/c1-16(19-8-5-13-24-19)20(22)21(14-17-6-3-2-4-7-17)15-18-9-11-23-12-10-18/h2-8,13,16,18H,9-12,14-15H2,1H3/t16-/m1/s1. The highest BCUT2D eigenvalue weighted by Crippen LogP contribution is 2.25. The van der Waals surface area contributed by atoms with E-state index >= 15 is 0 Å². The Balaban J connectivity index is 1.73. The molecule has 4 heteroatoms. The second-order valence-electron chi connectivity index (χ2n) is 6.50. The van der Waals surface area contributed by atoms with Crippen LogP contribution in [0.3, 0.4) is 0 Å². The van der Waals surface area contributed by atoms with Crippen molar-refractivity contribution >= 4 is 17.2 Å². The van der Waals surface area contributed by atoms with Gasteiger partial charge in [-0.25, -0.2) is 0 Å². The van der Waals surface area contributed by atoms with Gasteiger partial charge in [-0.3, -0.25) is 4.79 Å². The van der Waals surface area contributed by atoms with E-state index in [4.69, 9.17) is 4.74 Å². The van der Waals surface area contributed by atoms with Gasteiger partial charge >= 0.3 is 0 Å². The summed E-state index contributed by atoms with van der Waals surface area (Å²) in [5, 5.41) is 2.04. The Bertz CT molecular complexity index is 620. The number of hydrogen-bond donors (Lipinski definition) is 0. The summed E-state index contributed by atoms with van der Waals surface area (Å²) in [4.78, 5) is 16.3. The van der Waals surface area contributed by atoms with Gasteiger partial charge in [0.05, 0.1) is 5.92 Å².